The maximum atomic E-state index is 4.45. The maximum Gasteiger partial charge on any atom is 0.202 e. The summed E-state index contributed by atoms with van der Waals surface area (Å²) in [6.07, 6.45) is 1.03. The summed E-state index contributed by atoms with van der Waals surface area (Å²) in [4.78, 5) is 6.54. The Balaban J connectivity index is 2.27. The first kappa shape index (κ1) is 17.1. The van der Waals surface area contributed by atoms with Crippen LogP contribution in [0.25, 0.3) is 0 Å². The zero-order valence-electron chi connectivity index (χ0n) is 14.8. The minimum atomic E-state index is 0.463. The molecule has 0 aliphatic carbocycles. The van der Waals surface area contributed by atoms with E-state index in [2.05, 4.69) is 84.5 Å². The summed E-state index contributed by atoms with van der Waals surface area (Å²) in [7, 11) is 3.86. The van der Waals surface area contributed by atoms with Crippen LogP contribution in [0.3, 0.4) is 0 Å². The van der Waals surface area contributed by atoms with Gasteiger partial charge in [-0.05, 0) is 41.7 Å². The lowest BCUT2D eigenvalue weighted by Gasteiger charge is -2.24. The monoisotopic (exact) mass is 309 g/mol. The molecule has 0 atom stereocenters. The molecular weight excluding hydrogens is 282 g/mol. The summed E-state index contributed by atoms with van der Waals surface area (Å²) < 4.78 is 0. The molecular formula is C20H27N3. The van der Waals surface area contributed by atoms with Gasteiger partial charge in [-0.2, -0.15) is 0 Å². The summed E-state index contributed by atoms with van der Waals surface area (Å²) in [5.41, 5.74) is 4.87. The third kappa shape index (κ3) is 4.13. The zero-order valence-corrected chi connectivity index (χ0v) is 14.8. The Bertz CT molecular complexity index is 674. The van der Waals surface area contributed by atoms with Gasteiger partial charge in [0.2, 0.25) is 5.96 Å². The van der Waals surface area contributed by atoms with Crippen molar-refractivity contribution in [2.45, 2.75) is 33.1 Å². The van der Waals surface area contributed by atoms with Crippen LogP contribution in [0.5, 0.6) is 0 Å². The third-order valence-corrected chi connectivity index (χ3v) is 4.06. The summed E-state index contributed by atoms with van der Waals surface area (Å²) >= 11 is 0. The second kappa shape index (κ2) is 7.82. The molecule has 0 fully saturated rings. The van der Waals surface area contributed by atoms with Gasteiger partial charge >= 0.3 is 0 Å². The highest BCUT2D eigenvalue weighted by Gasteiger charge is 2.12. The van der Waals surface area contributed by atoms with Gasteiger partial charge in [0, 0.05) is 25.5 Å². The number of aryl methyl sites for hydroxylation is 1. The van der Waals surface area contributed by atoms with Crippen molar-refractivity contribution in [2.75, 3.05) is 24.3 Å². The fourth-order valence-corrected chi connectivity index (χ4v) is 2.63. The number of guanidine groups is 1. The molecule has 2 aromatic carbocycles. The van der Waals surface area contributed by atoms with E-state index in [9.17, 15) is 0 Å². The SMILES string of the molecule is CCc1cccc(N(C)C(=NC)Nc2ccccc2C(C)C)c1. The van der Waals surface area contributed by atoms with E-state index < -0.39 is 0 Å². The van der Waals surface area contributed by atoms with Crippen LogP contribution in [0.2, 0.25) is 0 Å². The molecule has 0 spiro atoms. The molecule has 122 valence electrons. The van der Waals surface area contributed by atoms with Gasteiger partial charge in [-0.1, -0.05) is 51.1 Å². The summed E-state index contributed by atoms with van der Waals surface area (Å²) in [6, 6.07) is 17.0. The normalized spacial score (nSPS) is 11.7. The first-order chi connectivity index (χ1) is 11.1. The van der Waals surface area contributed by atoms with E-state index in [-0.39, 0.29) is 0 Å². The Labute approximate surface area is 140 Å². The Hall–Kier alpha value is -2.29. The van der Waals surface area contributed by atoms with Crippen molar-refractivity contribution in [3.63, 3.8) is 0 Å². The van der Waals surface area contributed by atoms with Gasteiger partial charge in [-0.25, -0.2) is 0 Å². The number of anilines is 2. The van der Waals surface area contributed by atoms with Gasteiger partial charge < -0.3 is 10.2 Å². The van der Waals surface area contributed by atoms with Crippen LogP contribution in [0.1, 0.15) is 37.8 Å². The van der Waals surface area contributed by atoms with E-state index in [1.165, 1.54) is 11.1 Å². The van der Waals surface area contributed by atoms with Crippen LogP contribution in [-0.4, -0.2) is 20.1 Å². The van der Waals surface area contributed by atoms with Crippen molar-refractivity contribution in [3.05, 3.63) is 59.7 Å². The Morgan fingerprint density at radius 3 is 2.52 bits per heavy atom. The minimum absolute atomic E-state index is 0.463. The van der Waals surface area contributed by atoms with E-state index in [0.717, 1.165) is 23.8 Å². The number of hydrogen-bond acceptors (Lipinski definition) is 1. The van der Waals surface area contributed by atoms with E-state index in [1.54, 1.807) is 0 Å². The van der Waals surface area contributed by atoms with Crippen LogP contribution >= 0.6 is 0 Å². The van der Waals surface area contributed by atoms with Crippen molar-refractivity contribution >= 4 is 17.3 Å². The van der Waals surface area contributed by atoms with Crippen LogP contribution < -0.4 is 10.2 Å². The standard InChI is InChI=1S/C20H27N3/c1-6-16-10-9-11-17(14-16)23(5)20(21-4)22-19-13-8-7-12-18(19)15(2)3/h7-15H,6H2,1-5H3,(H,21,22). The predicted octanol–water partition coefficient (Wildman–Crippen LogP) is 4.91. The van der Waals surface area contributed by atoms with Gasteiger partial charge in [0.1, 0.15) is 0 Å². The van der Waals surface area contributed by atoms with Crippen LogP contribution in [-0.2, 0) is 6.42 Å². The van der Waals surface area contributed by atoms with Gasteiger partial charge in [0.25, 0.3) is 0 Å². The number of hydrogen-bond donors (Lipinski definition) is 1. The first-order valence-electron chi connectivity index (χ1n) is 8.22. The molecule has 0 radical (unpaired) electrons. The number of nitrogens with zero attached hydrogens (tertiary/aromatic N) is 2. The molecule has 0 aliphatic heterocycles. The first-order valence-corrected chi connectivity index (χ1v) is 8.22. The quantitative estimate of drug-likeness (QED) is 0.642. The van der Waals surface area contributed by atoms with Crippen LogP contribution in [0, 0.1) is 0 Å². The van der Waals surface area contributed by atoms with E-state index in [4.69, 9.17) is 0 Å². The third-order valence-electron chi connectivity index (χ3n) is 4.06. The number of para-hydroxylation sites is 1. The largest absolute Gasteiger partial charge is 0.326 e. The lowest BCUT2D eigenvalue weighted by molar-refractivity contribution is 0.869. The molecule has 2 aromatic rings. The van der Waals surface area contributed by atoms with Gasteiger partial charge in [0.15, 0.2) is 0 Å². The fourth-order valence-electron chi connectivity index (χ4n) is 2.63. The maximum absolute atomic E-state index is 4.45. The predicted molar refractivity (Wildman–Crippen MR) is 102 cm³/mol. The van der Waals surface area contributed by atoms with Crippen molar-refractivity contribution in [3.8, 4) is 0 Å². The molecule has 0 aromatic heterocycles. The summed E-state index contributed by atoms with van der Waals surface area (Å²) in [6.45, 7) is 6.58. The van der Waals surface area contributed by atoms with Gasteiger partial charge in [-0.15, -0.1) is 0 Å². The van der Waals surface area contributed by atoms with Gasteiger partial charge in [-0.3, -0.25) is 4.99 Å². The van der Waals surface area contributed by atoms with E-state index in [0.29, 0.717) is 5.92 Å². The molecule has 0 aliphatic rings. The topological polar surface area (TPSA) is 27.6 Å². The lowest BCUT2D eigenvalue weighted by atomic mass is 10.0. The number of rotatable bonds is 4. The molecule has 2 rings (SSSR count). The molecule has 0 amide bonds. The molecule has 23 heavy (non-hydrogen) atoms. The second-order valence-electron chi connectivity index (χ2n) is 6.00. The van der Waals surface area contributed by atoms with E-state index in [1.807, 2.05) is 14.1 Å². The summed E-state index contributed by atoms with van der Waals surface area (Å²) in [5, 5.41) is 3.49. The molecule has 0 saturated heterocycles. The highest BCUT2D eigenvalue weighted by atomic mass is 15.3. The average Bonchev–Trinajstić information content (AvgIpc) is 2.59. The van der Waals surface area contributed by atoms with Crippen molar-refractivity contribution in [1.29, 1.82) is 0 Å². The summed E-state index contributed by atoms with van der Waals surface area (Å²) in [5.74, 6) is 1.30. The average molecular weight is 309 g/mol. The molecule has 0 heterocycles. The Morgan fingerprint density at radius 2 is 1.87 bits per heavy atom. The number of aliphatic imine (C=N–C) groups is 1. The van der Waals surface area contributed by atoms with Crippen LogP contribution in [0.15, 0.2) is 53.5 Å². The molecule has 0 saturated carbocycles. The second-order valence-corrected chi connectivity index (χ2v) is 6.00. The smallest absolute Gasteiger partial charge is 0.202 e. The Kier molecular flexibility index (Phi) is 5.80. The zero-order chi connectivity index (χ0) is 16.8. The molecule has 1 N–H and O–H groups in total. The molecule has 0 unspecified atom stereocenters. The highest BCUT2D eigenvalue weighted by Crippen LogP contribution is 2.24. The van der Waals surface area contributed by atoms with Crippen molar-refractivity contribution in [2.24, 2.45) is 4.99 Å². The Morgan fingerprint density at radius 1 is 1.13 bits per heavy atom. The number of benzene rings is 2. The molecule has 3 nitrogen and oxygen atoms in total. The lowest BCUT2D eigenvalue weighted by Crippen LogP contribution is -2.33. The van der Waals surface area contributed by atoms with Crippen molar-refractivity contribution in [1.82, 2.24) is 0 Å². The van der Waals surface area contributed by atoms with Gasteiger partial charge in [0.05, 0.1) is 0 Å². The van der Waals surface area contributed by atoms with Crippen molar-refractivity contribution < 1.29 is 0 Å². The minimum Gasteiger partial charge on any atom is -0.326 e. The fraction of sp³-hybridized carbons (Fsp3) is 0.350. The van der Waals surface area contributed by atoms with E-state index >= 15 is 0 Å². The molecule has 0 bridgehead atoms. The highest BCUT2D eigenvalue weighted by molar-refractivity contribution is 6.05. The number of nitrogens with one attached hydrogen (secondary N) is 1. The molecule has 3 heteroatoms. The van der Waals surface area contributed by atoms with Crippen LogP contribution in [0.4, 0.5) is 11.4 Å².